The summed E-state index contributed by atoms with van der Waals surface area (Å²) in [5, 5.41) is 18.4. The summed E-state index contributed by atoms with van der Waals surface area (Å²) in [6.45, 7) is 0.870. The Morgan fingerprint density at radius 3 is 3.00 bits per heavy atom. The predicted octanol–water partition coefficient (Wildman–Crippen LogP) is 2.00. The molecule has 2 aliphatic heterocycles. The number of phenols is 1. The topological polar surface area (TPSA) is 60.2 Å². The lowest BCUT2D eigenvalue weighted by Gasteiger charge is -2.22. The van der Waals surface area contributed by atoms with Crippen molar-refractivity contribution in [3.8, 4) is 5.75 Å². The minimum atomic E-state index is 0.139. The van der Waals surface area contributed by atoms with Gasteiger partial charge in [-0.25, -0.2) is 0 Å². The molecule has 0 radical (unpaired) electrons. The van der Waals surface area contributed by atoms with E-state index >= 15 is 0 Å². The zero-order valence-electron chi connectivity index (χ0n) is 11.2. The first-order valence-electron chi connectivity index (χ1n) is 7.15. The van der Waals surface area contributed by atoms with Crippen molar-refractivity contribution in [2.24, 2.45) is 0 Å². The molecule has 0 unspecified atom stereocenters. The van der Waals surface area contributed by atoms with Gasteiger partial charge in [0, 0.05) is 6.42 Å². The first-order valence-corrected chi connectivity index (χ1v) is 7.15. The first-order chi connectivity index (χ1) is 9.81. The van der Waals surface area contributed by atoms with E-state index in [1.54, 1.807) is 6.07 Å². The van der Waals surface area contributed by atoms with E-state index < -0.39 is 0 Å². The maximum atomic E-state index is 9.81. The molecule has 1 fully saturated rings. The van der Waals surface area contributed by atoms with Crippen LogP contribution >= 0.6 is 0 Å². The fourth-order valence-corrected chi connectivity index (χ4v) is 3.17. The van der Waals surface area contributed by atoms with Crippen LogP contribution in [0.5, 0.6) is 5.75 Å². The third-order valence-corrected chi connectivity index (χ3v) is 4.25. The Morgan fingerprint density at radius 2 is 2.10 bits per heavy atom. The number of hydrogen-bond donors (Lipinski definition) is 1. The van der Waals surface area contributed by atoms with Gasteiger partial charge in [0.2, 0.25) is 0 Å². The van der Waals surface area contributed by atoms with Gasteiger partial charge in [-0.2, -0.15) is 0 Å². The molecule has 1 saturated heterocycles. The van der Waals surface area contributed by atoms with Crippen LogP contribution in [0, 0.1) is 0 Å². The predicted molar refractivity (Wildman–Crippen MR) is 72.4 cm³/mol. The summed E-state index contributed by atoms with van der Waals surface area (Å²) in [6.07, 6.45) is 4.22. The third kappa shape index (κ3) is 1.89. The Morgan fingerprint density at radius 1 is 1.20 bits per heavy atom. The van der Waals surface area contributed by atoms with Crippen molar-refractivity contribution in [3.05, 3.63) is 41.5 Å². The van der Waals surface area contributed by atoms with Crippen molar-refractivity contribution in [2.45, 2.75) is 44.4 Å². The summed E-state index contributed by atoms with van der Waals surface area (Å²) < 4.78 is 8.07. The van der Waals surface area contributed by atoms with E-state index in [1.807, 2.05) is 18.2 Å². The molecule has 0 spiro atoms. The highest BCUT2D eigenvalue weighted by molar-refractivity contribution is 5.32. The molecule has 1 N–H and O–H groups in total. The lowest BCUT2D eigenvalue weighted by Crippen LogP contribution is -2.25. The number of aromatic hydroxyl groups is 1. The van der Waals surface area contributed by atoms with Crippen LogP contribution in [0.1, 0.15) is 36.2 Å². The second-order valence-electron chi connectivity index (χ2n) is 5.54. The number of aromatic nitrogens is 3. The normalized spacial score (nSPS) is 23.8. The zero-order valence-corrected chi connectivity index (χ0v) is 11.2. The number of para-hydroxylation sites is 1. The fourth-order valence-electron chi connectivity index (χ4n) is 3.17. The number of ether oxygens (including phenoxy) is 1. The lowest BCUT2D eigenvalue weighted by molar-refractivity contribution is 0.00514. The number of fused-ring (bicyclic) bond motifs is 4. The largest absolute Gasteiger partial charge is 0.508 e. The number of benzene rings is 1. The van der Waals surface area contributed by atoms with Gasteiger partial charge in [0.25, 0.3) is 0 Å². The molecule has 0 saturated carbocycles. The van der Waals surface area contributed by atoms with Gasteiger partial charge in [-0.15, -0.1) is 10.2 Å². The van der Waals surface area contributed by atoms with Crippen molar-refractivity contribution in [2.75, 3.05) is 0 Å². The van der Waals surface area contributed by atoms with Crippen LogP contribution in [-0.2, 0) is 24.1 Å². The van der Waals surface area contributed by atoms with Gasteiger partial charge in [-0.1, -0.05) is 18.2 Å². The molecule has 20 heavy (non-hydrogen) atoms. The molecular formula is C15H17N3O2. The Kier molecular flexibility index (Phi) is 2.73. The fraction of sp³-hybridized carbons (Fsp3) is 0.467. The van der Waals surface area contributed by atoms with Crippen molar-refractivity contribution in [1.82, 2.24) is 14.8 Å². The summed E-state index contributed by atoms with van der Waals surface area (Å²) in [7, 11) is 0. The highest BCUT2D eigenvalue weighted by atomic mass is 16.5. The van der Waals surface area contributed by atoms with Crippen molar-refractivity contribution in [1.29, 1.82) is 0 Å². The van der Waals surface area contributed by atoms with Gasteiger partial charge in [0.1, 0.15) is 17.7 Å². The van der Waals surface area contributed by atoms with Crippen LogP contribution in [0.15, 0.2) is 24.3 Å². The molecule has 5 nitrogen and oxygen atoms in total. The summed E-state index contributed by atoms with van der Waals surface area (Å²) >= 11 is 0. The summed E-state index contributed by atoms with van der Waals surface area (Å²) in [6, 6.07) is 7.47. The maximum Gasteiger partial charge on any atom is 0.162 e. The quantitative estimate of drug-likeness (QED) is 0.927. The van der Waals surface area contributed by atoms with Crippen molar-refractivity contribution in [3.63, 3.8) is 0 Å². The lowest BCUT2D eigenvalue weighted by atomic mass is 10.1. The molecule has 5 heteroatoms. The molecule has 2 atom stereocenters. The minimum Gasteiger partial charge on any atom is -0.508 e. The minimum absolute atomic E-state index is 0.139. The van der Waals surface area contributed by atoms with Crippen LogP contribution in [0.25, 0.3) is 0 Å². The van der Waals surface area contributed by atoms with Crippen LogP contribution < -0.4 is 0 Å². The highest BCUT2D eigenvalue weighted by Crippen LogP contribution is 2.37. The van der Waals surface area contributed by atoms with E-state index in [9.17, 15) is 5.11 Å². The summed E-state index contributed by atoms with van der Waals surface area (Å²) in [5.41, 5.74) is 0.958. The van der Waals surface area contributed by atoms with Crippen LogP contribution in [0.2, 0.25) is 0 Å². The van der Waals surface area contributed by atoms with Gasteiger partial charge in [-0.05, 0) is 30.9 Å². The third-order valence-electron chi connectivity index (χ3n) is 4.25. The number of phenolic OH excluding ortho intramolecular Hbond substituents is 1. The summed E-state index contributed by atoms with van der Waals surface area (Å²) in [5.74, 6) is 2.34. The summed E-state index contributed by atoms with van der Waals surface area (Å²) in [4.78, 5) is 0. The second-order valence-corrected chi connectivity index (χ2v) is 5.54. The second kappa shape index (κ2) is 4.59. The standard InChI is InChI=1S/C15H17N3O2/c19-12-4-2-1-3-10(12)5-8-14-16-17-15-13-7-6-11(20-13)9-18(14)15/h1-4,11,13,19H,5-9H2/t11-,13+/m1/s1. The zero-order chi connectivity index (χ0) is 13.5. The Hall–Kier alpha value is -1.88. The highest BCUT2D eigenvalue weighted by Gasteiger charge is 2.36. The van der Waals surface area contributed by atoms with Gasteiger partial charge in [0.05, 0.1) is 12.6 Å². The molecule has 104 valence electrons. The number of hydrogen-bond acceptors (Lipinski definition) is 4. The Labute approximate surface area is 117 Å². The smallest absolute Gasteiger partial charge is 0.162 e. The molecule has 1 aromatic heterocycles. The average molecular weight is 271 g/mol. The molecule has 3 heterocycles. The van der Waals surface area contributed by atoms with E-state index in [1.165, 1.54) is 0 Å². The number of aryl methyl sites for hydroxylation is 2. The molecule has 4 rings (SSSR count). The van der Waals surface area contributed by atoms with E-state index in [2.05, 4.69) is 14.8 Å². The van der Waals surface area contributed by atoms with Gasteiger partial charge >= 0.3 is 0 Å². The van der Waals surface area contributed by atoms with Gasteiger partial charge < -0.3 is 14.4 Å². The molecule has 2 aliphatic rings. The van der Waals surface area contributed by atoms with Crippen LogP contribution in [-0.4, -0.2) is 26.0 Å². The Bertz CT molecular complexity index is 638. The monoisotopic (exact) mass is 271 g/mol. The van der Waals surface area contributed by atoms with E-state index in [4.69, 9.17) is 4.74 Å². The van der Waals surface area contributed by atoms with Crippen molar-refractivity contribution < 1.29 is 9.84 Å². The number of rotatable bonds is 3. The maximum absolute atomic E-state index is 9.81. The van der Waals surface area contributed by atoms with Crippen LogP contribution in [0.4, 0.5) is 0 Å². The Balaban J connectivity index is 1.55. The molecule has 2 aromatic rings. The molecule has 1 aromatic carbocycles. The van der Waals surface area contributed by atoms with E-state index in [0.29, 0.717) is 11.9 Å². The van der Waals surface area contributed by atoms with E-state index in [0.717, 1.165) is 49.4 Å². The average Bonchev–Trinajstić information content (AvgIpc) is 3.04. The van der Waals surface area contributed by atoms with Crippen LogP contribution in [0.3, 0.4) is 0 Å². The first kappa shape index (κ1) is 11.9. The van der Waals surface area contributed by atoms with E-state index in [-0.39, 0.29) is 6.10 Å². The van der Waals surface area contributed by atoms with Crippen molar-refractivity contribution >= 4 is 0 Å². The molecule has 0 aliphatic carbocycles. The molecule has 0 amide bonds. The SMILES string of the molecule is Oc1ccccc1CCc1nnc2n1C[C@H]1CC[C@@H]2O1. The number of nitrogens with zero attached hydrogens (tertiary/aromatic N) is 3. The van der Waals surface area contributed by atoms with Gasteiger partial charge in [0.15, 0.2) is 5.82 Å². The van der Waals surface area contributed by atoms with Gasteiger partial charge in [-0.3, -0.25) is 0 Å². The molecule has 2 bridgehead atoms. The molecular weight excluding hydrogens is 254 g/mol.